The number of halogens is 3. The highest BCUT2D eigenvalue weighted by Gasteiger charge is 2.30. The van der Waals surface area contributed by atoms with E-state index in [4.69, 9.17) is 5.11 Å². The summed E-state index contributed by atoms with van der Waals surface area (Å²) in [5, 5.41) is 11.4. The molecule has 0 saturated heterocycles. The van der Waals surface area contributed by atoms with Crippen molar-refractivity contribution in [3.05, 3.63) is 65.2 Å². The molecule has 2 N–H and O–H groups in total. The number of carbonyl (C=O) groups excluding carboxylic acids is 1. The molecular formula is C19H18F3NO3. The average Bonchev–Trinajstić information content (AvgIpc) is 2.55. The molecule has 0 heterocycles. The van der Waals surface area contributed by atoms with Crippen LogP contribution in [0.2, 0.25) is 0 Å². The molecule has 0 aromatic heterocycles. The summed E-state index contributed by atoms with van der Waals surface area (Å²) in [6.07, 6.45) is -4.37. The minimum atomic E-state index is -4.38. The highest BCUT2D eigenvalue weighted by molar-refractivity contribution is 5.91. The first-order valence-electron chi connectivity index (χ1n) is 7.93. The molecule has 1 unspecified atom stereocenters. The molecule has 0 bridgehead atoms. The van der Waals surface area contributed by atoms with E-state index in [0.717, 1.165) is 12.1 Å². The molecule has 0 aliphatic rings. The van der Waals surface area contributed by atoms with E-state index < -0.39 is 17.7 Å². The number of anilines is 1. The Kier molecular flexibility index (Phi) is 6.02. The van der Waals surface area contributed by atoms with Crippen LogP contribution in [0.25, 0.3) is 0 Å². The molecule has 138 valence electrons. The predicted molar refractivity (Wildman–Crippen MR) is 90.9 cm³/mol. The third kappa shape index (κ3) is 5.61. The summed E-state index contributed by atoms with van der Waals surface area (Å²) in [5.74, 6) is -1.46. The predicted octanol–water partition coefficient (Wildman–Crippen LogP) is 4.46. The van der Waals surface area contributed by atoms with Gasteiger partial charge in [0, 0.05) is 12.1 Å². The van der Waals surface area contributed by atoms with Gasteiger partial charge in [-0.25, -0.2) is 0 Å². The standard InChI is InChI=1S/C19H18F3NO3/c1-12(14-4-6-15(7-5-14)19(20,21)22)10-17(24)23-16-8-2-13(3-9-16)11-18(25)26/h2-9,12H,10-11H2,1H3,(H,23,24)(H,25,26). The van der Waals surface area contributed by atoms with Gasteiger partial charge in [0.25, 0.3) is 0 Å². The van der Waals surface area contributed by atoms with Gasteiger partial charge in [0.05, 0.1) is 12.0 Å². The molecular weight excluding hydrogens is 347 g/mol. The average molecular weight is 365 g/mol. The van der Waals surface area contributed by atoms with Crippen molar-refractivity contribution in [2.24, 2.45) is 0 Å². The van der Waals surface area contributed by atoms with Crippen LogP contribution in [0.4, 0.5) is 18.9 Å². The highest BCUT2D eigenvalue weighted by Crippen LogP contribution is 2.30. The van der Waals surface area contributed by atoms with Crippen LogP contribution in [0, 0.1) is 0 Å². The van der Waals surface area contributed by atoms with E-state index in [1.54, 1.807) is 31.2 Å². The lowest BCUT2D eigenvalue weighted by atomic mass is 9.96. The number of alkyl halides is 3. The van der Waals surface area contributed by atoms with Gasteiger partial charge in [0.15, 0.2) is 0 Å². The van der Waals surface area contributed by atoms with Crippen molar-refractivity contribution >= 4 is 17.6 Å². The maximum absolute atomic E-state index is 12.6. The second kappa shape index (κ2) is 8.03. The first-order chi connectivity index (χ1) is 12.1. The number of rotatable bonds is 6. The zero-order valence-electron chi connectivity index (χ0n) is 14.0. The number of nitrogens with one attached hydrogen (secondary N) is 1. The Bertz CT molecular complexity index is 768. The van der Waals surface area contributed by atoms with Crippen molar-refractivity contribution in [2.45, 2.75) is 31.9 Å². The van der Waals surface area contributed by atoms with Crippen LogP contribution in [0.15, 0.2) is 48.5 Å². The number of carbonyl (C=O) groups is 2. The van der Waals surface area contributed by atoms with E-state index in [0.29, 0.717) is 16.8 Å². The van der Waals surface area contributed by atoms with Crippen molar-refractivity contribution in [1.82, 2.24) is 0 Å². The molecule has 0 saturated carbocycles. The van der Waals surface area contributed by atoms with E-state index in [1.807, 2.05) is 0 Å². The van der Waals surface area contributed by atoms with Gasteiger partial charge in [-0.3, -0.25) is 9.59 Å². The van der Waals surface area contributed by atoms with Gasteiger partial charge < -0.3 is 10.4 Å². The smallest absolute Gasteiger partial charge is 0.416 e. The Balaban J connectivity index is 1.93. The summed E-state index contributed by atoms with van der Waals surface area (Å²) in [6, 6.07) is 11.2. The third-order valence-corrected chi connectivity index (χ3v) is 3.89. The van der Waals surface area contributed by atoms with E-state index in [9.17, 15) is 22.8 Å². The van der Waals surface area contributed by atoms with Gasteiger partial charge in [0.2, 0.25) is 5.91 Å². The molecule has 0 radical (unpaired) electrons. The quantitative estimate of drug-likeness (QED) is 0.794. The van der Waals surface area contributed by atoms with Crippen LogP contribution in [0.1, 0.15) is 36.0 Å². The molecule has 2 aromatic rings. The fourth-order valence-corrected chi connectivity index (χ4v) is 2.49. The van der Waals surface area contributed by atoms with Crippen LogP contribution in [-0.2, 0) is 22.2 Å². The summed E-state index contributed by atoms with van der Waals surface area (Å²) in [6.45, 7) is 1.76. The number of hydrogen-bond donors (Lipinski definition) is 2. The van der Waals surface area contributed by atoms with Gasteiger partial charge in [-0.1, -0.05) is 31.2 Å². The highest BCUT2D eigenvalue weighted by atomic mass is 19.4. The van der Waals surface area contributed by atoms with Crippen LogP contribution in [0.3, 0.4) is 0 Å². The zero-order chi connectivity index (χ0) is 19.3. The van der Waals surface area contributed by atoms with E-state index in [-0.39, 0.29) is 24.7 Å². The Labute approximate surface area is 148 Å². The molecule has 2 rings (SSSR count). The first kappa shape index (κ1) is 19.5. The molecule has 0 aliphatic heterocycles. The molecule has 0 aliphatic carbocycles. The molecule has 2 aromatic carbocycles. The van der Waals surface area contributed by atoms with Crippen LogP contribution in [0.5, 0.6) is 0 Å². The maximum atomic E-state index is 12.6. The zero-order valence-corrected chi connectivity index (χ0v) is 14.0. The van der Waals surface area contributed by atoms with Crippen molar-refractivity contribution < 1.29 is 27.9 Å². The lowest BCUT2D eigenvalue weighted by Gasteiger charge is -2.14. The van der Waals surface area contributed by atoms with Gasteiger partial charge in [-0.2, -0.15) is 13.2 Å². The monoisotopic (exact) mass is 365 g/mol. The van der Waals surface area contributed by atoms with Gasteiger partial charge in [0.1, 0.15) is 0 Å². The molecule has 1 atom stereocenters. The number of carboxylic acid groups (broad SMARTS) is 1. The second-order valence-corrected chi connectivity index (χ2v) is 6.04. The first-order valence-corrected chi connectivity index (χ1v) is 7.93. The fraction of sp³-hybridized carbons (Fsp3) is 0.263. The second-order valence-electron chi connectivity index (χ2n) is 6.04. The summed E-state index contributed by atoms with van der Waals surface area (Å²) in [7, 11) is 0. The lowest BCUT2D eigenvalue weighted by molar-refractivity contribution is -0.138. The summed E-state index contributed by atoms with van der Waals surface area (Å²) >= 11 is 0. The van der Waals surface area contributed by atoms with Gasteiger partial charge >= 0.3 is 12.1 Å². The van der Waals surface area contributed by atoms with Crippen molar-refractivity contribution in [1.29, 1.82) is 0 Å². The lowest BCUT2D eigenvalue weighted by Crippen LogP contribution is -2.14. The number of amides is 1. The van der Waals surface area contributed by atoms with Crippen molar-refractivity contribution in [3.63, 3.8) is 0 Å². The van der Waals surface area contributed by atoms with Crippen molar-refractivity contribution in [3.8, 4) is 0 Å². The summed E-state index contributed by atoms with van der Waals surface area (Å²) in [5.41, 5.74) is 1.07. The summed E-state index contributed by atoms with van der Waals surface area (Å²) in [4.78, 5) is 22.7. The minimum absolute atomic E-state index is 0.0980. The van der Waals surface area contributed by atoms with Crippen LogP contribution in [-0.4, -0.2) is 17.0 Å². The minimum Gasteiger partial charge on any atom is -0.481 e. The summed E-state index contributed by atoms with van der Waals surface area (Å²) < 4.78 is 37.7. The molecule has 7 heteroatoms. The number of aliphatic carboxylic acids is 1. The Morgan fingerprint density at radius 1 is 1.04 bits per heavy atom. The Hall–Kier alpha value is -2.83. The van der Waals surface area contributed by atoms with E-state index in [2.05, 4.69) is 5.32 Å². The molecule has 1 amide bonds. The van der Waals surface area contributed by atoms with Gasteiger partial charge in [-0.05, 0) is 41.3 Å². The van der Waals surface area contributed by atoms with E-state index >= 15 is 0 Å². The molecule has 0 fully saturated rings. The van der Waals surface area contributed by atoms with Crippen LogP contribution < -0.4 is 5.32 Å². The Morgan fingerprint density at radius 3 is 2.12 bits per heavy atom. The van der Waals surface area contributed by atoms with Gasteiger partial charge in [-0.15, -0.1) is 0 Å². The third-order valence-electron chi connectivity index (χ3n) is 3.89. The molecule has 26 heavy (non-hydrogen) atoms. The van der Waals surface area contributed by atoms with E-state index in [1.165, 1.54) is 12.1 Å². The van der Waals surface area contributed by atoms with Crippen LogP contribution >= 0.6 is 0 Å². The fourth-order valence-electron chi connectivity index (χ4n) is 2.49. The SMILES string of the molecule is CC(CC(=O)Nc1ccc(CC(=O)O)cc1)c1ccc(C(F)(F)F)cc1. The molecule has 0 spiro atoms. The van der Waals surface area contributed by atoms with Crippen molar-refractivity contribution in [2.75, 3.05) is 5.32 Å². The normalized spacial score (nSPS) is 12.5. The number of hydrogen-bond acceptors (Lipinski definition) is 2. The topological polar surface area (TPSA) is 66.4 Å². The Morgan fingerprint density at radius 2 is 1.62 bits per heavy atom. The maximum Gasteiger partial charge on any atom is 0.416 e. The number of benzene rings is 2. The molecule has 4 nitrogen and oxygen atoms in total. The largest absolute Gasteiger partial charge is 0.481 e. The number of carboxylic acids is 1.